The maximum atomic E-state index is 9.64. The fourth-order valence-corrected chi connectivity index (χ4v) is 5.59. The van der Waals surface area contributed by atoms with Crippen molar-refractivity contribution in [3.63, 3.8) is 0 Å². The van der Waals surface area contributed by atoms with Gasteiger partial charge in [0.05, 0.1) is 0 Å². The van der Waals surface area contributed by atoms with E-state index in [1.807, 2.05) is 75.7 Å². The number of hydrogen-bond donors (Lipinski definition) is 1. The zero-order chi connectivity index (χ0) is 18.6. The third-order valence-corrected chi connectivity index (χ3v) is 7.85. The van der Waals surface area contributed by atoms with Gasteiger partial charge in [-0.25, -0.2) is 0 Å². The van der Waals surface area contributed by atoms with Gasteiger partial charge in [-0.2, -0.15) is 0 Å². The number of para-hydroxylation sites is 3. The fourth-order valence-electron chi connectivity index (χ4n) is 3.02. The summed E-state index contributed by atoms with van der Waals surface area (Å²) >= 11 is 0. The molecular weight excluding hydrogens is 339 g/mol. The maximum Gasteiger partial charge on any atom is 0.240 e. The van der Waals surface area contributed by atoms with E-state index < -0.39 is 7.51 Å². The summed E-state index contributed by atoms with van der Waals surface area (Å²) in [5.74, 6) is 0. The molecule has 3 rings (SSSR count). The molecule has 0 saturated carbocycles. The van der Waals surface area contributed by atoms with Gasteiger partial charge in [0, 0.05) is 38.2 Å². The molecule has 0 fully saturated rings. The Kier molecular flexibility index (Phi) is 5.34. The van der Waals surface area contributed by atoms with Crippen LogP contribution in [-0.4, -0.2) is 21.1 Å². The van der Waals surface area contributed by atoms with Crippen LogP contribution in [0.1, 0.15) is 0 Å². The normalized spacial score (nSPS) is 11.0. The van der Waals surface area contributed by atoms with E-state index in [9.17, 15) is 5.16 Å². The van der Waals surface area contributed by atoms with E-state index >= 15 is 0 Å². The number of hydrogen-bond acceptors (Lipinski definition) is 1. The van der Waals surface area contributed by atoms with Gasteiger partial charge in [-0.05, 0) is 36.4 Å². The summed E-state index contributed by atoms with van der Waals surface area (Å²) in [6, 6.07) is 30.4. The molecule has 0 aliphatic carbocycles. The largest absolute Gasteiger partial charge is 0.310 e. The minimum absolute atomic E-state index is 1.03. The Bertz CT molecular complexity index is 751. The molecule has 0 aromatic heterocycles. The molecule has 0 saturated heterocycles. The second-order valence-electron chi connectivity index (χ2n) is 6.15. The van der Waals surface area contributed by atoms with Gasteiger partial charge in [-0.15, -0.1) is 0 Å². The van der Waals surface area contributed by atoms with Crippen molar-refractivity contribution in [2.45, 2.75) is 0 Å². The highest BCUT2D eigenvalue weighted by Gasteiger charge is 2.34. The topological polar surface area (TPSA) is 33.6 Å². The summed E-state index contributed by atoms with van der Waals surface area (Å²) in [5, 5.41) is 9.64. The molecule has 0 spiro atoms. The van der Waals surface area contributed by atoms with Crippen molar-refractivity contribution >= 4 is 24.6 Å². The highest BCUT2D eigenvalue weighted by atomic mass is 31.2. The zero-order valence-corrected chi connectivity index (χ0v) is 16.3. The minimum Gasteiger partial charge on any atom is -0.310 e. The first-order chi connectivity index (χ1) is 12.5. The molecule has 0 bridgehead atoms. The van der Waals surface area contributed by atoms with Crippen LogP contribution in [0, 0.1) is 5.16 Å². The smallest absolute Gasteiger partial charge is 0.240 e. The number of rotatable bonds is 6. The highest BCUT2D eigenvalue weighted by molar-refractivity contribution is 7.69. The average molecular weight is 364 g/mol. The van der Waals surface area contributed by atoms with Gasteiger partial charge in [-0.1, -0.05) is 54.6 Å². The Labute approximate surface area is 156 Å². The number of nitrogens with one attached hydrogen (secondary N) is 1. The second kappa shape index (κ2) is 7.67. The lowest BCUT2D eigenvalue weighted by Crippen LogP contribution is -2.36. The quantitative estimate of drug-likeness (QED) is 0.551. The summed E-state index contributed by atoms with van der Waals surface area (Å²) in [4.78, 5) is 0. The van der Waals surface area contributed by atoms with Gasteiger partial charge in [0.2, 0.25) is 7.51 Å². The van der Waals surface area contributed by atoms with E-state index in [0.29, 0.717) is 0 Å². The lowest BCUT2D eigenvalue weighted by molar-refractivity contribution is 1.14. The van der Waals surface area contributed by atoms with Crippen LogP contribution >= 0.6 is 7.51 Å². The molecule has 1 N–H and O–H groups in total. The highest BCUT2D eigenvalue weighted by Crippen LogP contribution is 2.59. The molecular formula is C21H25N4P. The molecule has 4 nitrogen and oxygen atoms in total. The standard InChI is InChI=1S/C21H25N4P/c1-23(19-13-7-4-8-14-19)26(22,24(2)20-15-9-5-10-16-20)25(3)21-17-11-6-12-18-21/h4-18,22H,1-3H3. The van der Waals surface area contributed by atoms with E-state index in [1.165, 1.54) is 0 Å². The Morgan fingerprint density at radius 2 is 0.731 bits per heavy atom. The summed E-state index contributed by atoms with van der Waals surface area (Å²) in [6.07, 6.45) is 0. The van der Waals surface area contributed by atoms with Crippen molar-refractivity contribution in [2.24, 2.45) is 0 Å². The third-order valence-electron chi connectivity index (χ3n) is 4.64. The monoisotopic (exact) mass is 364 g/mol. The zero-order valence-electron chi connectivity index (χ0n) is 15.4. The van der Waals surface area contributed by atoms with E-state index in [1.54, 1.807) is 0 Å². The van der Waals surface area contributed by atoms with Crippen LogP contribution in [0.3, 0.4) is 0 Å². The predicted molar refractivity (Wildman–Crippen MR) is 114 cm³/mol. The number of benzene rings is 3. The molecule has 0 aliphatic heterocycles. The molecule has 0 atom stereocenters. The second-order valence-corrected chi connectivity index (χ2v) is 9.08. The van der Waals surface area contributed by atoms with Crippen LogP contribution in [0.25, 0.3) is 0 Å². The molecule has 5 heteroatoms. The Hall–Kier alpha value is -2.71. The molecule has 3 aromatic carbocycles. The van der Waals surface area contributed by atoms with Crippen molar-refractivity contribution in [3.05, 3.63) is 91.0 Å². The van der Waals surface area contributed by atoms with Crippen molar-refractivity contribution in [1.82, 2.24) is 0 Å². The van der Waals surface area contributed by atoms with E-state index in [0.717, 1.165) is 17.1 Å². The van der Waals surface area contributed by atoms with Crippen LogP contribution in [0.5, 0.6) is 0 Å². The average Bonchev–Trinajstić information content (AvgIpc) is 2.73. The molecule has 134 valence electrons. The van der Waals surface area contributed by atoms with Gasteiger partial charge in [0.1, 0.15) is 0 Å². The minimum atomic E-state index is -2.66. The molecule has 0 unspecified atom stereocenters. The Morgan fingerprint density at radius 1 is 0.500 bits per heavy atom. The molecule has 26 heavy (non-hydrogen) atoms. The summed E-state index contributed by atoms with van der Waals surface area (Å²) in [7, 11) is 3.37. The van der Waals surface area contributed by atoms with Crippen LogP contribution < -0.4 is 14.0 Å². The lowest BCUT2D eigenvalue weighted by atomic mass is 10.3. The van der Waals surface area contributed by atoms with Gasteiger partial charge in [-0.3, -0.25) is 5.16 Å². The van der Waals surface area contributed by atoms with Crippen molar-refractivity contribution in [1.29, 1.82) is 5.16 Å². The lowest BCUT2D eigenvalue weighted by Gasteiger charge is -2.46. The predicted octanol–water partition coefficient (Wildman–Crippen LogP) is 5.92. The van der Waals surface area contributed by atoms with Gasteiger partial charge in [0.25, 0.3) is 0 Å². The number of nitrogens with zero attached hydrogens (tertiary/aromatic N) is 3. The maximum absolute atomic E-state index is 9.64. The van der Waals surface area contributed by atoms with Crippen LogP contribution in [0.4, 0.5) is 17.1 Å². The van der Waals surface area contributed by atoms with E-state index in [2.05, 4.69) is 50.4 Å². The van der Waals surface area contributed by atoms with Crippen LogP contribution in [0.2, 0.25) is 0 Å². The molecule has 0 amide bonds. The SMILES string of the molecule is CN(c1ccccc1)P(=N)(N(C)c1ccccc1)N(C)c1ccccc1. The van der Waals surface area contributed by atoms with Crippen LogP contribution in [-0.2, 0) is 0 Å². The molecule has 0 aliphatic rings. The molecule has 0 heterocycles. The van der Waals surface area contributed by atoms with Crippen molar-refractivity contribution < 1.29 is 0 Å². The van der Waals surface area contributed by atoms with E-state index in [4.69, 9.17) is 0 Å². The Balaban J connectivity index is 2.11. The summed E-state index contributed by atoms with van der Waals surface area (Å²) < 4.78 is 6.27. The van der Waals surface area contributed by atoms with E-state index in [-0.39, 0.29) is 0 Å². The third kappa shape index (κ3) is 3.33. The number of anilines is 3. The van der Waals surface area contributed by atoms with Crippen molar-refractivity contribution in [3.8, 4) is 0 Å². The summed E-state index contributed by atoms with van der Waals surface area (Å²) in [6.45, 7) is 0. The van der Waals surface area contributed by atoms with Gasteiger partial charge < -0.3 is 14.0 Å². The Morgan fingerprint density at radius 3 is 0.962 bits per heavy atom. The first-order valence-electron chi connectivity index (χ1n) is 8.57. The van der Waals surface area contributed by atoms with Crippen LogP contribution in [0.15, 0.2) is 91.0 Å². The first kappa shape index (κ1) is 18.1. The van der Waals surface area contributed by atoms with Crippen molar-refractivity contribution in [2.75, 3.05) is 35.2 Å². The fraction of sp³-hybridized carbons (Fsp3) is 0.143. The first-order valence-corrected chi connectivity index (χ1v) is 10.2. The summed E-state index contributed by atoms with van der Waals surface area (Å²) in [5.41, 5.74) is 3.09. The molecule has 3 aromatic rings. The molecule has 0 radical (unpaired) electrons. The van der Waals surface area contributed by atoms with Gasteiger partial charge in [0.15, 0.2) is 0 Å². The van der Waals surface area contributed by atoms with Gasteiger partial charge >= 0.3 is 0 Å².